The van der Waals surface area contributed by atoms with Crippen LogP contribution in [-0.2, 0) is 0 Å². The first-order chi connectivity index (χ1) is 11.6. The smallest absolute Gasteiger partial charge is 0.347 e. The molecular formula is C19H8O5. The Bertz CT molecular complexity index is 1120. The normalized spacial score (nSPS) is 10.7. The lowest BCUT2D eigenvalue weighted by atomic mass is 10.0. The number of hydrogen-bond acceptors (Lipinski definition) is 5. The largest absolute Gasteiger partial charge is 0.422 e. The molecule has 2 aromatic heterocycles. The second-order valence-corrected chi connectivity index (χ2v) is 5.14. The van der Waals surface area contributed by atoms with E-state index in [0.29, 0.717) is 21.9 Å². The van der Waals surface area contributed by atoms with Crippen LogP contribution in [0, 0.1) is 12.1 Å². The Morgan fingerprint density at radius 3 is 2.42 bits per heavy atom. The Morgan fingerprint density at radius 1 is 0.875 bits per heavy atom. The molecule has 0 unspecified atom stereocenters. The number of hydrogen-bond donors (Lipinski definition) is 0. The van der Waals surface area contributed by atoms with Crippen molar-refractivity contribution in [2.24, 2.45) is 0 Å². The zero-order valence-electron chi connectivity index (χ0n) is 12.2. The van der Waals surface area contributed by atoms with Crippen molar-refractivity contribution in [1.82, 2.24) is 0 Å². The number of rotatable bonds is 2. The number of benzene rings is 1. The Morgan fingerprint density at radius 2 is 1.58 bits per heavy atom. The van der Waals surface area contributed by atoms with Crippen LogP contribution in [0.25, 0.3) is 21.9 Å². The third-order valence-corrected chi connectivity index (χ3v) is 3.63. The van der Waals surface area contributed by atoms with Gasteiger partial charge in [-0.15, -0.1) is 0 Å². The summed E-state index contributed by atoms with van der Waals surface area (Å²) in [6.45, 7) is 0. The predicted molar refractivity (Wildman–Crippen MR) is 86.1 cm³/mol. The maximum atomic E-state index is 12.6. The van der Waals surface area contributed by atoms with Gasteiger partial charge in [0.25, 0.3) is 0 Å². The van der Waals surface area contributed by atoms with Gasteiger partial charge in [-0.1, -0.05) is 30.3 Å². The molecule has 2 aromatic carbocycles. The topological polar surface area (TPSA) is 77.5 Å². The van der Waals surface area contributed by atoms with Crippen LogP contribution < -0.4 is 11.3 Å². The Balaban J connectivity index is 1.93. The third kappa shape index (κ3) is 2.18. The minimum Gasteiger partial charge on any atom is -0.422 e. The minimum absolute atomic E-state index is 0.222. The maximum Gasteiger partial charge on any atom is 0.347 e. The molecule has 5 heteroatoms. The van der Waals surface area contributed by atoms with E-state index in [9.17, 15) is 14.4 Å². The van der Waals surface area contributed by atoms with E-state index >= 15 is 0 Å². The van der Waals surface area contributed by atoms with E-state index in [2.05, 4.69) is 12.1 Å². The van der Waals surface area contributed by atoms with Gasteiger partial charge in [-0.05, 0) is 30.3 Å². The molecule has 4 rings (SSSR count). The van der Waals surface area contributed by atoms with E-state index in [1.165, 1.54) is 12.1 Å². The van der Waals surface area contributed by atoms with E-state index in [-0.39, 0.29) is 11.1 Å². The molecule has 0 spiro atoms. The van der Waals surface area contributed by atoms with Crippen molar-refractivity contribution >= 4 is 27.7 Å². The van der Waals surface area contributed by atoms with Gasteiger partial charge in [-0.25, -0.2) is 9.59 Å². The summed E-state index contributed by atoms with van der Waals surface area (Å²) in [7, 11) is 0. The summed E-state index contributed by atoms with van der Waals surface area (Å²) in [5.41, 5.74) is -1.43. The van der Waals surface area contributed by atoms with Gasteiger partial charge in [0.15, 0.2) is 0 Å². The van der Waals surface area contributed by atoms with Crippen LogP contribution in [0.4, 0.5) is 0 Å². The molecule has 24 heavy (non-hydrogen) atoms. The van der Waals surface area contributed by atoms with Crippen molar-refractivity contribution in [3.8, 4) is 0 Å². The molecule has 0 saturated carbocycles. The zero-order chi connectivity index (χ0) is 16.7. The molecule has 114 valence electrons. The van der Waals surface area contributed by atoms with Crippen LogP contribution in [0.15, 0.2) is 67.0 Å². The first-order valence-electron chi connectivity index (χ1n) is 7.07. The van der Waals surface area contributed by atoms with Crippen molar-refractivity contribution < 1.29 is 13.6 Å². The molecule has 5 nitrogen and oxygen atoms in total. The molecule has 2 heterocycles. The van der Waals surface area contributed by atoms with Gasteiger partial charge in [0.2, 0.25) is 5.78 Å². The van der Waals surface area contributed by atoms with Crippen LogP contribution in [0.2, 0.25) is 0 Å². The first-order valence-corrected chi connectivity index (χ1v) is 7.07. The highest BCUT2D eigenvalue weighted by Gasteiger charge is 2.20. The maximum absolute atomic E-state index is 12.6. The summed E-state index contributed by atoms with van der Waals surface area (Å²) in [5.74, 6) is -0.748. The Labute approximate surface area is 134 Å². The second-order valence-electron chi connectivity index (χ2n) is 5.14. The number of ketones is 1. The Hall–Kier alpha value is -3.65. The van der Waals surface area contributed by atoms with Crippen molar-refractivity contribution in [2.75, 3.05) is 0 Å². The van der Waals surface area contributed by atoms with Crippen molar-refractivity contribution in [3.05, 3.63) is 92.6 Å². The van der Waals surface area contributed by atoms with Crippen LogP contribution >= 0.6 is 0 Å². The highest BCUT2D eigenvalue weighted by molar-refractivity contribution is 6.10. The van der Waals surface area contributed by atoms with E-state index < -0.39 is 17.0 Å². The lowest BCUT2D eigenvalue weighted by molar-refractivity contribution is 0.103. The van der Waals surface area contributed by atoms with E-state index in [1.807, 2.05) is 0 Å². The van der Waals surface area contributed by atoms with Gasteiger partial charge in [-0.2, -0.15) is 0 Å². The summed E-state index contributed by atoms with van der Waals surface area (Å²) in [6, 6.07) is 18.1. The lowest BCUT2D eigenvalue weighted by Crippen LogP contribution is -2.20. The lowest BCUT2D eigenvalue weighted by Gasteiger charge is -2.02. The average molecular weight is 316 g/mol. The fourth-order valence-corrected chi connectivity index (χ4v) is 2.47. The summed E-state index contributed by atoms with van der Waals surface area (Å²) >= 11 is 0. The summed E-state index contributed by atoms with van der Waals surface area (Å²) in [5, 5.41) is 1.01. The van der Waals surface area contributed by atoms with Gasteiger partial charge in [-0.3, -0.25) is 4.79 Å². The average Bonchev–Trinajstić information content (AvgIpc) is 2.60. The van der Waals surface area contributed by atoms with Gasteiger partial charge in [0.05, 0.1) is 5.39 Å². The van der Waals surface area contributed by atoms with Gasteiger partial charge in [0.1, 0.15) is 22.3 Å². The highest BCUT2D eigenvalue weighted by atomic mass is 16.4. The molecule has 0 aliphatic carbocycles. The fourth-order valence-electron chi connectivity index (χ4n) is 2.47. The molecule has 0 atom stereocenters. The van der Waals surface area contributed by atoms with E-state index in [0.717, 1.165) is 0 Å². The van der Waals surface area contributed by atoms with Crippen LogP contribution in [0.1, 0.15) is 15.9 Å². The number of fused-ring (bicyclic) bond motifs is 2. The molecule has 0 saturated heterocycles. The molecule has 0 aliphatic rings. The van der Waals surface area contributed by atoms with Crippen LogP contribution in [0.3, 0.4) is 0 Å². The zero-order valence-corrected chi connectivity index (χ0v) is 12.2. The molecular weight excluding hydrogens is 308 g/mol. The first kappa shape index (κ1) is 14.0. The number of para-hydroxylation sites is 1. The van der Waals surface area contributed by atoms with Gasteiger partial charge < -0.3 is 8.83 Å². The SMILES string of the molecule is O=C(c1cc2c#cccc2oc1=O)c1cc2ccccc2oc1=O. The molecule has 0 amide bonds. The second kappa shape index (κ2) is 5.21. The molecule has 4 aromatic rings. The van der Waals surface area contributed by atoms with Crippen molar-refractivity contribution in [3.63, 3.8) is 0 Å². The Kier molecular flexibility index (Phi) is 3.04. The summed E-state index contributed by atoms with van der Waals surface area (Å²) in [6.07, 6.45) is 0. The van der Waals surface area contributed by atoms with Gasteiger partial charge >= 0.3 is 11.3 Å². The monoisotopic (exact) mass is 316 g/mol. The molecule has 0 fully saturated rings. The molecule has 0 bridgehead atoms. The summed E-state index contributed by atoms with van der Waals surface area (Å²) < 4.78 is 10.2. The predicted octanol–water partition coefficient (Wildman–Crippen LogP) is 2.73. The van der Waals surface area contributed by atoms with E-state index in [1.54, 1.807) is 36.4 Å². The fraction of sp³-hybridized carbons (Fsp3) is 0. The van der Waals surface area contributed by atoms with Crippen molar-refractivity contribution in [2.45, 2.75) is 0 Å². The third-order valence-electron chi connectivity index (χ3n) is 3.63. The quantitative estimate of drug-likeness (QED) is 0.420. The minimum atomic E-state index is -0.820. The molecule has 0 aliphatic heterocycles. The van der Waals surface area contributed by atoms with Crippen molar-refractivity contribution in [1.29, 1.82) is 0 Å². The van der Waals surface area contributed by atoms with Gasteiger partial charge in [0, 0.05) is 5.39 Å². The summed E-state index contributed by atoms with van der Waals surface area (Å²) in [4.78, 5) is 36.8. The van der Waals surface area contributed by atoms with Crippen LogP contribution in [-0.4, -0.2) is 5.78 Å². The number of carbonyl (C=O) groups is 1. The molecule has 0 N–H and O–H groups in total. The van der Waals surface area contributed by atoms with E-state index in [4.69, 9.17) is 8.83 Å². The molecule has 0 radical (unpaired) electrons. The van der Waals surface area contributed by atoms with Crippen LogP contribution in [0.5, 0.6) is 0 Å². The number of carbonyl (C=O) groups excluding carboxylic acids is 1. The highest BCUT2D eigenvalue weighted by Crippen LogP contribution is 2.16. The standard InChI is InChI=1S/C19H8O5/c20-17(13-9-11-5-1-3-7-15(11)23-18(13)21)14-10-12-6-2-4-8-16(12)24-19(14)22/h1,3-5,7-10H.